The van der Waals surface area contributed by atoms with Crippen molar-refractivity contribution in [2.45, 2.75) is 90.4 Å². The third-order valence-electron chi connectivity index (χ3n) is 9.37. The molecule has 212 valence electrons. The molecule has 0 radical (unpaired) electrons. The van der Waals surface area contributed by atoms with Gasteiger partial charge in [-0.1, -0.05) is 56.2 Å². The van der Waals surface area contributed by atoms with Crippen LogP contribution in [0, 0.1) is 24.7 Å². The second-order valence-electron chi connectivity index (χ2n) is 12.2. The van der Waals surface area contributed by atoms with Gasteiger partial charge in [0.2, 0.25) is 0 Å². The van der Waals surface area contributed by atoms with Crippen LogP contribution in [0.5, 0.6) is 11.5 Å². The molecule has 0 amide bonds. The molecular formula is C36H44O4. The van der Waals surface area contributed by atoms with Crippen LogP contribution in [0.4, 0.5) is 0 Å². The first-order valence-corrected chi connectivity index (χ1v) is 15.4. The summed E-state index contributed by atoms with van der Waals surface area (Å²) >= 11 is 0. The number of ether oxygens (including phenoxy) is 1. The monoisotopic (exact) mass is 540 g/mol. The lowest BCUT2D eigenvalue weighted by molar-refractivity contribution is -0.119. The van der Waals surface area contributed by atoms with E-state index in [0.29, 0.717) is 54.5 Å². The Labute approximate surface area is 239 Å². The molecule has 4 heteroatoms. The number of fused-ring (bicyclic) bond motifs is 1. The Hall–Kier alpha value is -3.14. The Morgan fingerprint density at radius 3 is 2.73 bits per heavy atom. The summed E-state index contributed by atoms with van der Waals surface area (Å²) in [6, 6.07) is 11.9. The fraction of sp³-hybridized carbons (Fsp3) is 0.500. The van der Waals surface area contributed by atoms with Crippen LogP contribution in [0.25, 0.3) is 5.57 Å². The summed E-state index contributed by atoms with van der Waals surface area (Å²) < 4.78 is 6.23. The van der Waals surface area contributed by atoms with Gasteiger partial charge in [0.25, 0.3) is 0 Å². The number of carbonyl (C=O) groups is 2. The van der Waals surface area contributed by atoms with E-state index in [-0.39, 0.29) is 5.92 Å². The molecule has 3 aliphatic carbocycles. The van der Waals surface area contributed by atoms with Crippen LogP contribution < -0.4 is 4.74 Å². The van der Waals surface area contributed by atoms with Crippen molar-refractivity contribution < 1.29 is 19.4 Å². The van der Waals surface area contributed by atoms with Gasteiger partial charge in [0, 0.05) is 37.2 Å². The van der Waals surface area contributed by atoms with Gasteiger partial charge in [-0.2, -0.15) is 0 Å². The van der Waals surface area contributed by atoms with Crippen LogP contribution >= 0.6 is 0 Å². The molecule has 2 aromatic carbocycles. The summed E-state index contributed by atoms with van der Waals surface area (Å²) in [7, 11) is 0. The van der Waals surface area contributed by atoms with Gasteiger partial charge in [-0.05, 0) is 97.2 Å². The maximum atomic E-state index is 12.5. The zero-order chi connectivity index (χ0) is 28.1. The van der Waals surface area contributed by atoms with Crippen molar-refractivity contribution in [3.8, 4) is 11.5 Å². The van der Waals surface area contributed by atoms with E-state index in [1.807, 2.05) is 12.1 Å². The second-order valence-corrected chi connectivity index (χ2v) is 12.2. The van der Waals surface area contributed by atoms with E-state index in [0.717, 1.165) is 66.5 Å². The van der Waals surface area contributed by atoms with Crippen molar-refractivity contribution in [3.63, 3.8) is 0 Å². The summed E-state index contributed by atoms with van der Waals surface area (Å²) in [6.45, 7) is 4.73. The van der Waals surface area contributed by atoms with Crippen molar-refractivity contribution in [2.24, 2.45) is 17.8 Å². The third-order valence-corrected chi connectivity index (χ3v) is 9.37. The number of Topliss-reactive ketones (excluding diaryl/α,β-unsaturated/α-hetero) is 2. The highest BCUT2D eigenvalue weighted by Gasteiger charge is 2.42. The molecule has 0 saturated heterocycles. The molecule has 0 bridgehead atoms. The normalized spacial score (nSPS) is 23.4. The molecule has 2 saturated carbocycles. The fourth-order valence-electron chi connectivity index (χ4n) is 7.22. The number of aryl methyl sites for hydroxylation is 2. The minimum absolute atomic E-state index is 0.125. The van der Waals surface area contributed by atoms with Gasteiger partial charge in [0.15, 0.2) is 0 Å². The number of unbranched alkanes of at least 4 members (excludes halogenated alkanes) is 1. The van der Waals surface area contributed by atoms with E-state index in [1.54, 1.807) is 6.07 Å². The maximum Gasteiger partial charge on any atom is 0.133 e. The summed E-state index contributed by atoms with van der Waals surface area (Å²) in [6.07, 6.45) is 16.8. The minimum atomic E-state index is 0.125. The molecule has 40 heavy (non-hydrogen) atoms. The number of phenolic OH excluding ortho intramolecular Hbond substituents is 1. The zero-order valence-corrected chi connectivity index (χ0v) is 24.2. The van der Waals surface area contributed by atoms with E-state index < -0.39 is 0 Å². The van der Waals surface area contributed by atoms with Crippen LogP contribution in [0.3, 0.4) is 0 Å². The number of hydrogen-bond donors (Lipinski definition) is 1. The highest BCUT2D eigenvalue weighted by molar-refractivity contribution is 5.82. The van der Waals surface area contributed by atoms with E-state index in [1.165, 1.54) is 24.8 Å². The Morgan fingerprint density at radius 1 is 1.02 bits per heavy atom. The maximum absolute atomic E-state index is 12.5. The number of ketones is 2. The molecule has 5 rings (SSSR count). The third kappa shape index (κ3) is 6.77. The SMILES string of the molecule is CCc1ccc(O)cc1C1C=CC(c2ccc(C)cc2OCCCC(=O)CCCC[C@@H]2CC[C@@H]3CC(=O)C[C@H]23)=C1. The number of aromatic hydroxyl groups is 1. The first-order valence-electron chi connectivity index (χ1n) is 15.4. The van der Waals surface area contributed by atoms with Crippen molar-refractivity contribution in [2.75, 3.05) is 6.61 Å². The summed E-state index contributed by atoms with van der Waals surface area (Å²) in [5, 5.41) is 10.1. The number of carbonyl (C=O) groups excluding carboxylic acids is 2. The lowest BCUT2D eigenvalue weighted by Gasteiger charge is -2.17. The summed E-state index contributed by atoms with van der Waals surface area (Å²) in [5.41, 5.74) is 5.71. The zero-order valence-electron chi connectivity index (χ0n) is 24.2. The Kier molecular flexibility index (Phi) is 9.24. The van der Waals surface area contributed by atoms with Gasteiger partial charge in [0.05, 0.1) is 6.61 Å². The van der Waals surface area contributed by atoms with Crippen molar-refractivity contribution in [1.82, 2.24) is 0 Å². The molecule has 2 aromatic rings. The smallest absolute Gasteiger partial charge is 0.133 e. The molecule has 0 heterocycles. The molecule has 0 aliphatic heterocycles. The lowest BCUT2D eigenvalue weighted by Crippen LogP contribution is -2.10. The Morgan fingerprint density at radius 2 is 1.88 bits per heavy atom. The predicted octanol–water partition coefficient (Wildman–Crippen LogP) is 8.29. The van der Waals surface area contributed by atoms with Crippen LogP contribution in [-0.2, 0) is 16.0 Å². The van der Waals surface area contributed by atoms with E-state index in [9.17, 15) is 14.7 Å². The largest absolute Gasteiger partial charge is 0.508 e. The predicted molar refractivity (Wildman–Crippen MR) is 161 cm³/mol. The van der Waals surface area contributed by atoms with E-state index >= 15 is 0 Å². The van der Waals surface area contributed by atoms with E-state index in [2.05, 4.69) is 50.3 Å². The van der Waals surface area contributed by atoms with Crippen LogP contribution in [-0.4, -0.2) is 23.3 Å². The average Bonchev–Trinajstić information content (AvgIpc) is 3.66. The lowest BCUT2D eigenvalue weighted by atomic mass is 9.88. The fourth-order valence-corrected chi connectivity index (χ4v) is 7.22. The Bertz CT molecular complexity index is 1290. The molecule has 4 atom stereocenters. The highest BCUT2D eigenvalue weighted by Crippen LogP contribution is 2.48. The van der Waals surface area contributed by atoms with Gasteiger partial charge in [0.1, 0.15) is 23.1 Å². The van der Waals surface area contributed by atoms with Crippen molar-refractivity contribution in [1.29, 1.82) is 0 Å². The van der Waals surface area contributed by atoms with Gasteiger partial charge in [-0.3, -0.25) is 9.59 Å². The molecule has 0 aromatic heterocycles. The molecule has 3 aliphatic rings. The number of benzene rings is 2. The number of phenols is 1. The highest BCUT2D eigenvalue weighted by atomic mass is 16.5. The molecule has 1 N–H and O–H groups in total. The first-order chi connectivity index (χ1) is 19.4. The van der Waals surface area contributed by atoms with Crippen molar-refractivity contribution >= 4 is 17.1 Å². The van der Waals surface area contributed by atoms with Crippen molar-refractivity contribution in [3.05, 3.63) is 76.9 Å². The van der Waals surface area contributed by atoms with E-state index in [4.69, 9.17) is 4.74 Å². The summed E-state index contributed by atoms with van der Waals surface area (Å²) in [5.74, 6) is 4.07. The van der Waals surface area contributed by atoms with Gasteiger partial charge < -0.3 is 9.84 Å². The quantitative estimate of drug-likeness (QED) is 0.260. The molecule has 4 nitrogen and oxygen atoms in total. The van der Waals surface area contributed by atoms with Crippen LogP contribution in [0.15, 0.2) is 54.6 Å². The molecular weight excluding hydrogens is 496 g/mol. The number of hydrogen-bond acceptors (Lipinski definition) is 4. The molecule has 0 spiro atoms. The van der Waals surface area contributed by atoms with Gasteiger partial charge in [-0.15, -0.1) is 0 Å². The number of rotatable bonds is 13. The van der Waals surface area contributed by atoms with Gasteiger partial charge >= 0.3 is 0 Å². The van der Waals surface area contributed by atoms with Crippen LogP contribution in [0.1, 0.15) is 99.3 Å². The first kappa shape index (κ1) is 28.4. The van der Waals surface area contributed by atoms with Gasteiger partial charge in [-0.25, -0.2) is 0 Å². The minimum Gasteiger partial charge on any atom is -0.508 e. The Balaban J connectivity index is 1.08. The second kappa shape index (κ2) is 13.0. The number of allylic oxidation sites excluding steroid dienone is 4. The average molecular weight is 541 g/mol. The van der Waals surface area contributed by atoms with Crippen LogP contribution in [0.2, 0.25) is 0 Å². The summed E-state index contributed by atoms with van der Waals surface area (Å²) in [4.78, 5) is 24.3. The standard InChI is InChI=1S/C36H44O4/c1-3-25-15-16-31(38)22-34(25)28-14-13-27(20-28)33-17-10-24(2)19-36(33)40-18-6-9-30(37)8-5-4-7-26-11-12-29-21-32(39)23-35(26)29/h10,13-17,19-20,22,26,28-29,35,38H,3-9,11-12,18,21,23H2,1-2H3/t26-,28?,29-,35-/m1/s1. The topological polar surface area (TPSA) is 63.6 Å². The molecule has 1 unspecified atom stereocenters. The molecule has 2 fully saturated rings.